The second kappa shape index (κ2) is 8.58. The molecule has 172 valence electrons. The molecular formula is C21H16ClFN8O2S. The van der Waals surface area contributed by atoms with Crippen molar-refractivity contribution in [3.63, 3.8) is 0 Å². The van der Waals surface area contributed by atoms with E-state index < -0.39 is 11.9 Å². The summed E-state index contributed by atoms with van der Waals surface area (Å²) in [5.41, 5.74) is 1.10. The Labute approximate surface area is 201 Å². The Hall–Kier alpha value is -3.69. The van der Waals surface area contributed by atoms with Gasteiger partial charge in [0.1, 0.15) is 11.6 Å². The van der Waals surface area contributed by atoms with Crippen molar-refractivity contribution in [1.29, 1.82) is 5.26 Å². The van der Waals surface area contributed by atoms with Crippen molar-refractivity contribution in [2.75, 3.05) is 13.1 Å². The van der Waals surface area contributed by atoms with E-state index in [-0.39, 0.29) is 40.9 Å². The van der Waals surface area contributed by atoms with E-state index in [9.17, 15) is 13.5 Å². The van der Waals surface area contributed by atoms with Crippen molar-refractivity contribution in [3.05, 3.63) is 47.4 Å². The second-order valence-corrected chi connectivity index (χ2v) is 8.83. The van der Waals surface area contributed by atoms with E-state index in [1.54, 1.807) is 36.0 Å². The number of aromatic nitrogens is 5. The molecule has 0 spiro atoms. The van der Waals surface area contributed by atoms with E-state index in [0.717, 1.165) is 14.9 Å². The maximum Gasteiger partial charge on any atom is 0.255 e. The van der Waals surface area contributed by atoms with Crippen LogP contribution < -0.4 is 5.32 Å². The Morgan fingerprint density at radius 2 is 2.15 bits per heavy atom. The summed E-state index contributed by atoms with van der Waals surface area (Å²) in [4.78, 5) is 35.9. The van der Waals surface area contributed by atoms with Crippen molar-refractivity contribution in [1.82, 2.24) is 33.9 Å². The fourth-order valence-corrected chi connectivity index (χ4v) is 4.34. The number of nitrogens with one attached hydrogen (secondary N) is 1. The first kappa shape index (κ1) is 22.1. The van der Waals surface area contributed by atoms with E-state index in [1.165, 1.54) is 17.3 Å². The predicted octanol–water partition coefficient (Wildman–Crippen LogP) is 2.90. The first-order valence-corrected chi connectivity index (χ1v) is 11.2. The third-order valence-electron chi connectivity index (χ3n) is 5.61. The maximum absolute atomic E-state index is 13.5. The monoisotopic (exact) mass is 498 g/mol. The van der Waals surface area contributed by atoms with Crippen LogP contribution in [0.1, 0.15) is 17.3 Å². The Morgan fingerprint density at radius 3 is 2.88 bits per heavy atom. The summed E-state index contributed by atoms with van der Waals surface area (Å²) in [6, 6.07) is 6.53. The van der Waals surface area contributed by atoms with E-state index in [1.807, 2.05) is 0 Å². The molecule has 1 saturated heterocycles. The average Bonchev–Trinajstić information content (AvgIpc) is 3.38. The van der Waals surface area contributed by atoms with Gasteiger partial charge in [-0.2, -0.15) is 10.4 Å². The first-order chi connectivity index (χ1) is 16.4. The van der Waals surface area contributed by atoms with Crippen molar-refractivity contribution >= 4 is 57.8 Å². The van der Waals surface area contributed by atoms with Crippen molar-refractivity contribution in [2.24, 2.45) is 5.92 Å². The lowest BCUT2D eigenvalue weighted by Crippen LogP contribution is -2.55. The lowest BCUT2D eigenvalue weighted by molar-refractivity contribution is -0.137. The number of hydrogen-bond donors (Lipinski definition) is 1. The third-order valence-corrected chi connectivity index (χ3v) is 6.27. The average molecular weight is 499 g/mol. The Balaban J connectivity index is 1.46. The van der Waals surface area contributed by atoms with Crippen LogP contribution in [-0.4, -0.2) is 59.6 Å². The van der Waals surface area contributed by atoms with Crippen LogP contribution in [0, 0.1) is 17.2 Å². The number of nitriles is 1. The number of likely N-dealkylation sites (tertiary alicyclic amines) is 1. The number of hydrogen-bond acceptors (Lipinski definition) is 7. The first-order valence-electron chi connectivity index (χ1n) is 10.2. The zero-order chi connectivity index (χ0) is 24.0. The molecule has 1 N–H and O–H groups in total. The molecule has 1 atom stereocenters. The van der Waals surface area contributed by atoms with E-state index in [0.29, 0.717) is 23.9 Å². The van der Waals surface area contributed by atoms with Gasteiger partial charge in [0.05, 0.1) is 35.5 Å². The molecule has 5 rings (SSSR count). The molecule has 2 amide bonds. The van der Waals surface area contributed by atoms with Crippen LogP contribution in [0.5, 0.6) is 0 Å². The Bertz CT molecular complexity index is 1490. The highest BCUT2D eigenvalue weighted by atomic mass is 35.5. The summed E-state index contributed by atoms with van der Waals surface area (Å²) in [5.74, 6) is -0.751. The van der Waals surface area contributed by atoms with Gasteiger partial charge in [0.2, 0.25) is 5.91 Å². The van der Waals surface area contributed by atoms with E-state index >= 15 is 0 Å². The number of fused-ring (bicyclic) bond motifs is 2. The molecule has 4 aromatic rings. The molecule has 0 aliphatic carbocycles. The number of amides is 2. The van der Waals surface area contributed by atoms with Crippen LogP contribution >= 0.6 is 23.9 Å². The molecule has 10 nitrogen and oxygen atoms in total. The van der Waals surface area contributed by atoms with Crippen LogP contribution in [0.4, 0.5) is 3.89 Å². The van der Waals surface area contributed by atoms with Gasteiger partial charge in [-0.3, -0.25) is 9.59 Å². The van der Waals surface area contributed by atoms with Crippen LogP contribution in [-0.2, 0) is 4.79 Å². The molecule has 34 heavy (non-hydrogen) atoms. The highest BCUT2D eigenvalue weighted by molar-refractivity contribution is 7.92. The highest BCUT2D eigenvalue weighted by Crippen LogP contribution is 2.26. The fraction of sp³-hybridized carbons (Fsp3) is 0.238. The summed E-state index contributed by atoms with van der Waals surface area (Å²) in [6.07, 6.45) is 4.34. The zero-order valence-corrected chi connectivity index (χ0v) is 19.2. The minimum Gasteiger partial charge on any atom is -0.340 e. The molecule has 0 unspecified atom stereocenters. The van der Waals surface area contributed by atoms with Gasteiger partial charge in [0.15, 0.2) is 23.8 Å². The minimum atomic E-state index is -0.834. The lowest BCUT2D eigenvalue weighted by Gasteiger charge is -2.37. The van der Waals surface area contributed by atoms with Gasteiger partial charge < -0.3 is 10.2 Å². The smallest absolute Gasteiger partial charge is 0.255 e. The summed E-state index contributed by atoms with van der Waals surface area (Å²) in [6.45, 7) is 2.23. The van der Waals surface area contributed by atoms with Crippen LogP contribution in [0.25, 0.3) is 27.9 Å². The third kappa shape index (κ3) is 3.72. The molecule has 3 aromatic heterocycles. The van der Waals surface area contributed by atoms with Crippen LogP contribution in [0.15, 0.2) is 36.8 Å². The van der Waals surface area contributed by atoms with E-state index in [2.05, 4.69) is 26.5 Å². The van der Waals surface area contributed by atoms with Crippen molar-refractivity contribution < 1.29 is 13.5 Å². The topological polar surface area (TPSA) is 122 Å². The molecule has 0 bridgehead atoms. The van der Waals surface area contributed by atoms with Crippen LogP contribution in [0.2, 0.25) is 5.02 Å². The van der Waals surface area contributed by atoms with Gasteiger partial charge in [-0.1, -0.05) is 11.6 Å². The molecule has 0 saturated carbocycles. The molecule has 0 radical (unpaired) electrons. The molecule has 1 fully saturated rings. The second-order valence-electron chi connectivity index (χ2n) is 7.86. The lowest BCUT2D eigenvalue weighted by atomic mass is 10.0. The van der Waals surface area contributed by atoms with Crippen molar-refractivity contribution in [3.8, 4) is 11.9 Å². The number of carbonyl (C=O) groups excluding carboxylic acids is 2. The van der Waals surface area contributed by atoms with Gasteiger partial charge >= 0.3 is 0 Å². The number of rotatable bonds is 5. The Morgan fingerprint density at radius 1 is 1.35 bits per heavy atom. The van der Waals surface area contributed by atoms with Gasteiger partial charge in [0, 0.05) is 29.7 Å². The molecular weight excluding hydrogens is 483 g/mol. The Kier molecular flexibility index (Phi) is 5.59. The van der Waals surface area contributed by atoms with Crippen LogP contribution in [0.3, 0.4) is 0 Å². The summed E-state index contributed by atoms with van der Waals surface area (Å²) in [7, 11) is 0. The quantitative estimate of drug-likeness (QED) is 0.449. The summed E-state index contributed by atoms with van der Waals surface area (Å²) < 4.78 is 16.2. The normalized spacial score (nSPS) is 14.7. The largest absolute Gasteiger partial charge is 0.340 e. The zero-order valence-electron chi connectivity index (χ0n) is 17.6. The number of benzene rings is 1. The predicted molar refractivity (Wildman–Crippen MR) is 124 cm³/mol. The number of carbonyl (C=O) groups is 2. The van der Waals surface area contributed by atoms with Gasteiger partial charge in [-0.25, -0.2) is 18.6 Å². The number of nitrogens with zero attached hydrogens (tertiary/aromatic N) is 7. The SMILES string of the molecule is C[C@@H](NC(=O)c1cn(SF)c2ncc(-n3ncc4cc(Cl)ccc43)nc12)C(=O)N1CC(C#N)C1. The van der Waals surface area contributed by atoms with Gasteiger partial charge in [0.25, 0.3) is 5.91 Å². The standard InChI is InChI=1S/C21H16ClFN8O2S/c1-11(21(33)29-8-12(5-24)9-29)27-20(32)15-10-30(34-23)19-18(15)28-17(7-25-19)31-16-3-2-14(22)4-13(16)6-26-31/h2-4,6-7,10-12H,8-9H2,1H3,(H,27,32)/t11-/m1/s1. The molecule has 1 aromatic carbocycles. The fourth-order valence-electron chi connectivity index (χ4n) is 3.81. The molecule has 1 aliphatic rings. The van der Waals surface area contributed by atoms with Crippen molar-refractivity contribution in [2.45, 2.75) is 13.0 Å². The molecule has 4 heterocycles. The molecule has 1 aliphatic heterocycles. The van der Waals surface area contributed by atoms with E-state index in [4.69, 9.17) is 16.9 Å². The van der Waals surface area contributed by atoms with Gasteiger partial charge in [-0.15, -0.1) is 3.89 Å². The number of halogens is 2. The van der Waals surface area contributed by atoms with Gasteiger partial charge in [-0.05, 0) is 25.1 Å². The minimum absolute atomic E-state index is 0.0622. The summed E-state index contributed by atoms with van der Waals surface area (Å²) >= 11 is 5.93. The highest BCUT2D eigenvalue weighted by Gasteiger charge is 2.34. The summed E-state index contributed by atoms with van der Waals surface area (Å²) in [5, 5.41) is 17.2. The molecule has 13 heteroatoms. The maximum atomic E-state index is 13.5.